The number of carbonyl (C=O) groups is 1. The van der Waals surface area contributed by atoms with Gasteiger partial charge in [0.15, 0.2) is 0 Å². The van der Waals surface area contributed by atoms with Crippen molar-refractivity contribution in [1.82, 2.24) is 14.5 Å². The molecule has 0 unspecified atom stereocenters. The lowest BCUT2D eigenvalue weighted by molar-refractivity contribution is -0.143. The predicted molar refractivity (Wildman–Crippen MR) is 149 cm³/mol. The van der Waals surface area contributed by atoms with Gasteiger partial charge in [0.1, 0.15) is 11.2 Å². The zero-order chi connectivity index (χ0) is 31.7. The van der Waals surface area contributed by atoms with Crippen LogP contribution in [0.15, 0.2) is 65.6 Å². The molecule has 6 nitrogen and oxygen atoms in total. The van der Waals surface area contributed by atoms with Gasteiger partial charge < -0.3 is 14.6 Å². The van der Waals surface area contributed by atoms with Crippen LogP contribution in [0.3, 0.4) is 0 Å². The van der Waals surface area contributed by atoms with Gasteiger partial charge in [0.25, 0.3) is 11.5 Å². The molecule has 0 aliphatic carbocycles. The number of hydrogen-bond donors (Lipinski definition) is 1. The number of amides is 1. The summed E-state index contributed by atoms with van der Waals surface area (Å²) in [4.78, 5) is 33.1. The van der Waals surface area contributed by atoms with E-state index in [1.807, 2.05) is 6.92 Å². The normalized spacial score (nSPS) is 12.9. The number of aromatic nitrogens is 2. The van der Waals surface area contributed by atoms with Gasteiger partial charge in [-0.3, -0.25) is 14.6 Å². The molecule has 0 spiro atoms. The van der Waals surface area contributed by atoms with Crippen LogP contribution in [0.4, 0.5) is 26.3 Å². The van der Waals surface area contributed by atoms with Crippen LogP contribution in [0, 0.1) is 12.8 Å². The third-order valence-electron chi connectivity index (χ3n) is 7.15. The van der Waals surface area contributed by atoms with E-state index < -0.39 is 41.5 Å². The topological polar surface area (TPSA) is 75.4 Å². The number of hydrogen-bond acceptors (Lipinski definition) is 4. The Labute approximate surface area is 243 Å². The van der Waals surface area contributed by atoms with E-state index >= 15 is 0 Å². The van der Waals surface area contributed by atoms with Crippen molar-refractivity contribution in [1.29, 1.82) is 0 Å². The number of aliphatic hydroxyl groups excluding tert-OH is 1. The lowest BCUT2D eigenvalue weighted by Crippen LogP contribution is -2.35. The molecule has 0 fully saturated rings. The highest BCUT2D eigenvalue weighted by molar-refractivity contribution is 6.07. The smallest absolute Gasteiger partial charge is 0.396 e. The molecule has 0 bridgehead atoms. The first-order valence-corrected chi connectivity index (χ1v) is 13.3. The minimum absolute atomic E-state index is 0.00261. The minimum atomic E-state index is -5.05. The fraction of sp³-hybridized carbons (Fsp3) is 0.323. The van der Waals surface area contributed by atoms with Crippen molar-refractivity contribution in [2.45, 2.75) is 45.7 Å². The molecule has 43 heavy (non-hydrogen) atoms. The average molecular weight is 606 g/mol. The summed E-state index contributed by atoms with van der Waals surface area (Å²) in [5.74, 6) is -1.03. The van der Waals surface area contributed by atoms with Crippen molar-refractivity contribution in [3.8, 4) is 11.1 Å². The van der Waals surface area contributed by atoms with Crippen molar-refractivity contribution >= 4 is 16.8 Å². The molecule has 0 saturated carbocycles. The number of benzene rings is 2. The summed E-state index contributed by atoms with van der Waals surface area (Å²) in [6, 6.07) is 11.5. The Morgan fingerprint density at radius 1 is 1.00 bits per heavy atom. The monoisotopic (exact) mass is 605 g/mol. The molecule has 1 atom stereocenters. The van der Waals surface area contributed by atoms with Gasteiger partial charge in [-0.15, -0.1) is 0 Å². The highest BCUT2D eigenvalue weighted by Gasteiger charge is 2.37. The number of aryl methyl sites for hydroxylation is 1. The van der Waals surface area contributed by atoms with Crippen LogP contribution in [0.2, 0.25) is 0 Å². The van der Waals surface area contributed by atoms with E-state index in [0.717, 1.165) is 10.5 Å². The van der Waals surface area contributed by atoms with E-state index in [1.54, 1.807) is 43.3 Å². The molecule has 2 heterocycles. The quantitative estimate of drug-likeness (QED) is 0.227. The minimum Gasteiger partial charge on any atom is -0.396 e. The summed E-state index contributed by atoms with van der Waals surface area (Å²) >= 11 is 0. The second-order valence-corrected chi connectivity index (χ2v) is 10.6. The van der Waals surface area contributed by atoms with Gasteiger partial charge in [-0.25, -0.2) is 0 Å². The highest BCUT2D eigenvalue weighted by atomic mass is 19.4. The van der Waals surface area contributed by atoms with Gasteiger partial charge >= 0.3 is 12.4 Å². The van der Waals surface area contributed by atoms with Crippen LogP contribution in [0.25, 0.3) is 22.0 Å². The number of nitrogens with zero attached hydrogens (tertiary/aromatic N) is 3. The summed E-state index contributed by atoms with van der Waals surface area (Å²) in [5, 5.41) is 9.93. The maximum atomic E-state index is 14.2. The van der Waals surface area contributed by atoms with E-state index in [0.29, 0.717) is 35.1 Å². The third-order valence-corrected chi connectivity index (χ3v) is 7.15. The average Bonchev–Trinajstić information content (AvgIpc) is 2.95. The van der Waals surface area contributed by atoms with E-state index in [9.17, 15) is 41.0 Å². The lowest BCUT2D eigenvalue weighted by atomic mass is 9.96. The van der Waals surface area contributed by atoms with Crippen molar-refractivity contribution in [3.05, 3.63) is 99.1 Å². The SMILES string of the molecule is Cc1ccc(-c2c(C(=O)N(C)Cc3cc(C(F)(F)F)cc(C(F)(F)F)c3)n(CC[C@@H](C)CO)c(=O)c3ncccc23)cc1. The largest absolute Gasteiger partial charge is 0.416 e. The first-order valence-electron chi connectivity index (χ1n) is 13.3. The zero-order valence-electron chi connectivity index (χ0n) is 23.6. The molecule has 0 aliphatic rings. The van der Waals surface area contributed by atoms with E-state index in [-0.39, 0.29) is 41.9 Å². The summed E-state index contributed by atoms with van der Waals surface area (Å²) in [6.07, 6.45) is -8.36. The standard InChI is InChI=1S/C31H29F6N3O3/c1-18-6-8-21(9-7-18)25-24-5-4-11-38-26(24)28(42)40(12-10-19(2)17-41)27(25)29(43)39(3)16-20-13-22(30(32,33)34)15-23(14-20)31(35,36)37/h4-9,11,13-15,19,41H,10,12,16-17H2,1-3H3/t19-/m1/s1. The second kappa shape index (κ2) is 12.2. The summed E-state index contributed by atoms with van der Waals surface area (Å²) in [6.45, 7) is 2.84. The molecule has 2 aromatic heterocycles. The summed E-state index contributed by atoms with van der Waals surface area (Å²) < 4.78 is 82.1. The number of pyridine rings is 2. The van der Waals surface area contributed by atoms with Gasteiger partial charge in [-0.1, -0.05) is 42.8 Å². The van der Waals surface area contributed by atoms with Crippen molar-refractivity contribution < 1.29 is 36.2 Å². The Balaban J connectivity index is 1.92. The molecule has 1 amide bonds. The first-order chi connectivity index (χ1) is 20.1. The Hall–Kier alpha value is -4.19. The van der Waals surface area contributed by atoms with Crippen molar-refractivity contribution in [3.63, 3.8) is 0 Å². The Morgan fingerprint density at radius 2 is 1.60 bits per heavy atom. The van der Waals surface area contributed by atoms with Gasteiger partial charge in [-0.05, 0) is 54.7 Å². The molecule has 4 rings (SSSR count). The summed E-state index contributed by atoms with van der Waals surface area (Å²) in [5.41, 5.74) is -2.15. The van der Waals surface area contributed by atoms with Crippen LogP contribution in [0.5, 0.6) is 0 Å². The summed E-state index contributed by atoms with van der Waals surface area (Å²) in [7, 11) is 1.24. The van der Waals surface area contributed by atoms with Crippen molar-refractivity contribution in [2.24, 2.45) is 5.92 Å². The number of fused-ring (bicyclic) bond motifs is 1. The first kappa shape index (κ1) is 31.7. The molecular weight excluding hydrogens is 576 g/mol. The number of aliphatic hydroxyl groups is 1. The third kappa shape index (κ3) is 6.90. The van der Waals surface area contributed by atoms with Crippen LogP contribution >= 0.6 is 0 Å². The lowest BCUT2D eigenvalue weighted by Gasteiger charge is -2.25. The number of alkyl halides is 6. The second-order valence-electron chi connectivity index (χ2n) is 10.6. The molecule has 4 aromatic rings. The fourth-order valence-electron chi connectivity index (χ4n) is 4.80. The Kier molecular flexibility index (Phi) is 9.00. The number of rotatable bonds is 8. The molecule has 0 radical (unpaired) electrons. The maximum Gasteiger partial charge on any atom is 0.416 e. The van der Waals surface area contributed by atoms with Gasteiger partial charge in [0.05, 0.1) is 11.1 Å². The molecule has 0 saturated heterocycles. The highest BCUT2D eigenvalue weighted by Crippen LogP contribution is 2.37. The van der Waals surface area contributed by atoms with Gasteiger partial charge in [0.2, 0.25) is 0 Å². The molecule has 12 heteroatoms. The van der Waals surface area contributed by atoms with Crippen LogP contribution < -0.4 is 5.56 Å². The van der Waals surface area contributed by atoms with Gasteiger partial charge in [0, 0.05) is 43.9 Å². The van der Waals surface area contributed by atoms with Gasteiger partial charge in [-0.2, -0.15) is 26.3 Å². The number of halogens is 6. The molecule has 2 aromatic carbocycles. The van der Waals surface area contributed by atoms with E-state index in [2.05, 4.69) is 4.98 Å². The zero-order valence-corrected chi connectivity index (χ0v) is 23.6. The predicted octanol–water partition coefficient (Wildman–Crippen LogP) is 6.70. The van der Waals surface area contributed by atoms with Crippen molar-refractivity contribution in [2.75, 3.05) is 13.7 Å². The fourth-order valence-corrected chi connectivity index (χ4v) is 4.80. The van der Waals surface area contributed by atoms with Crippen LogP contribution in [-0.2, 0) is 25.4 Å². The van der Waals surface area contributed by atoms with Crippen LogP contribution in [0.1, 0.15) is 46.1 Å². The molecule has 1 N–H and O–H groups in total. The molecular formula is C31H29F6N3O3. The Morgan fingerprint density at radius 3 is 2.16 bits per heavy atom. The van der Waals surface area contributed by atoms with Crippen LogP contribution in [-0.4, -0.2) is 39.1 Å². The Bertz CT molecular complexity index is 1660. The van der Waals surface area contributed by atoms with E-state index in [1.165, 1.54) is 17.8 Å². The van der Waals surface area contributed by atoms with E-state index in [4.69, 9.17) is 0 Å². The maximum absolute atomic E-state index is 14.2. The number of carbonyl (C=O) groups excluding carboxylic acids is 1. The molecule has 228 valence electrons. The molecule has 0 aliphatic heterocycles.